The normalized spacial score (nSPS) is 23.5. The Morgan fingerprint density at radius 3 is 2.61 bits per heavy atom. The minimum atomic E-state index is -0.113. The van der Waals surface area contributed by atoms with Gasteiger partial charge in [-0.05, 0) is 24.1 Å². The van der Waals surface area contributed by atoms with Crippen LogP contribution in [0, 0.1) is 0 Å². The van der Waals surface area contributed by atoms with Crippen molar-refractivity contribution in [2.45, 2.75) is 31.8 Å². The fourth-order valence-corrected chi connectivity index (χ4v) is 2.55. The molecule has 0 spiro atoms. The van der Waals surface area contributed by atoms with E-state index in [2.05, 4.69) is 6.92 Å². The first kappa shape index (κ1) is 12.9. The number of rotatable bonds is 4. The number of carbonyl (C=O) groups excluding carboxylic acids is 1. The van der Waals surface area contributed by atoms with Gasteiger partial charge in [0.15, 0.2) is 0 Å². The van der Waals surface area contributed by atoms with Gasteiger partial charge in [-0.2, -0.15) is 0 Å². The number of methoxy groups -OCH3 is 1. The van der Waals surface area contributed by atoms with E-state index in [4.69, 9.17) is 10.5 Å². The van der Waals surface area contributed by atoms with E-state index in [9.17, 15) is 4.79 Å². The number of nitrogens with two attached hydrogens (primary N) is 1. The molecule has 1 aliphatic heterocycles. The molecule has 1 saturated heterocycles. The molecule has 0 saturated carbocycles. The van der Waals surface area contributed by atoms with Gasteiger partial charge in [0.25, 0.3) is 0 Å². The van der Waals surface area contributed by atoms with Crippen molar-refractivity contribution in [1.82, 2.24) is 4.90 Å². The van der Waals surface area contributed by atoms with E-state index >= 15 is 0 Å². The highest BCUT2D eigenvalue weighted by Gasteiger charge is 2.37. The minimum Gasteiger partial charge on any atom is -0.497 e. The summed E-state index contributed by atoms with van der Waals surface area (Å²) in [5, 5.41) is 0. The van der Waals surface area contributed by atoms with Crippen molar-refractivity contribution in [2.24, 2.45) is 5.73 Å². The Morgan fingerprint density at radius 1 is 1.39 bits per heavy atom. The Hall–Kier alpha value is -1.55. The molecule has 0 aliphatic carbocycles. The number of carbonyl (C=O) groups is 1. The Bertz CT molecular complexity index is 416. The van der Waals surface area contributed by atoms with Gasteiger partial charge in [-0.25, -0.2) is 0 Å². The number of ether oxygens (including phenoxy) is 1. The average Bonchev–Trinajstić information content (AvgIpc) is 2.65. The van der Waals surface area contributed by atoms with Crippen LogP contribution in [0.1, 0.15) is 31.4 Å². The summed E-state index contributed by atoms with van der Waals surface area (Å²) in [6.45, 7) is 2.84. The number of hydrogen-bond donors (Lipinski definition) is 1. The fourth-order valence-electron chi connectivity index (χ4n) is 2.55. The quantitative estimate of drug-likeness (QED) is 0.882. The second kappa shape index (κ2) is 5.40. The molecule has 1 aromatic rings. The van der Waals surface area contributed by atoms with Gasteiger partial charge < -0.3 is 15.4 Å². The summed E-state index contributed by atoms with van der Waals surface area (Å²) in [4.78, 5) is 13.8. The second-order valence-electron chi connectivity index (χ2n) is 4.67. The van der Waals surface area contributed by atoms with E-state index in [0.717, 1.165) is 24.3 Å². The zero-order valence-electron chi connectivity index (χ0n) is 10.9. The minimum absolute atomic E-state index is 0.00311. The SMILES string of the molecule is CCCN1C(=O)C[C@H](N)[C@H]1c1ccc(OC)cc1. The smallest absolute Gasteiger partial charge is 0.224 e. The van der Waals surface area contributed by atoms with Gasteiger partial charge in [0.05, 0.1) is 13.2 Å². The maximum atomic E-state index is 11.9. The summed E-state index contributed by atoms with van der Waals surface area (Å²) in [7, 11) is 1.64. The molecule has 2 rings (SSSR count). The van der Waals surface area contributed by atoms with Crippen molar-refractivity contribution >= 4 is 5.91 Å². The van der Waals surface area contributed by atoms with Crippen LogP contribution in [0.5, 0.6) is 5.75 Å². The maximum Gasteiger partial charge on any atom is 0.224 e. The van der Waals surface area contributed by atoms with Crippen LogP contribution in [-0.2, 0) is 4.79 Å². The molecule has 0 radical (unpaired) electrons. The molecule has 0 aromatic heterocycles. The first-order chi connectivity index (χ1) is 8.67. The highest BCUT2D eigenvalue weighted by atomic mass is 16.5. The number of benzene rings is 1. The molecule has 2 atom stereocenters. The van der Waals surface area contributed by atoms with Crippen LogP contribution < -0.4 is 10.5 Å². The summed E-state index contributed by atoms with van der Waals surface area (Å²) in [5.41, 5.74) is 7.18. The Kier molecular flexibility index (Phi) is 3.87. The number of likely N-dealkylation sites (tertiary alicyclic amines) is 1. The lowest BCUT2D eigenvalue weighted by atomic mass is 10.0. The number of amides is 1. The van der Waals surface area contributed by atoms with Crippen LogP contribution in [-0.4, -0.2) is 30.5 Å². The molecule has 4 nitrogen and oxygen atoms in total. The zero-order valence-corrected chi connectivity index (χ0v) is 10.9. The molecular weight excluding hydrogens is 228 g/mol. The first-order valence-electron chi connectivity index (χ1n) is 6.36. The average molecular weight is 248 g/mol. The van der Waals surface area contributed by atoms with Crippen LogP contribution >= 0.6 is 0 Å². The Balaban J connectivity index is 2.25. The highest BCUT2D eigenvalue weighted by molar-refractivity contribution is 5.80. The summed E-state index contributed by atoms with van der Waals surface area (Å²) < 4.78 is 5.14. The molecule has 18 heavy (non-hydrogen) atoms. The van der Waals surface area contributed by atoms with Gasteiger partial charge in [0.1, 0.15) is 5.75 Å². The maximum absolute atomic E-state index is 11.9. The predicted molar refractivity (Wildman–Crippen MR) is 70.3 cm³/mol. The van der Waals surface area contributed by atoms with Crippen molar-refractivity contribution in [3.8, 4) is 5.75 Å². The molecule has 0 unspecified atom stereocenters. The van der Waals surface area contributed by atoms with Gasteiger partial charge in [-0.1, -0.05) is 19.1 Å². The molecule has 0 bridgehead atoms. The lowest BCUT2D eigenvalue weighted by Crippen LogP contribution is -2.33. The van der Waals surface area contributed by atoms with E-state index in [0.29, 0.717) is 6.42 Å². The lowest BCUT2D eigenvalue weighted by molar-refractivity contribution is -0.129. The molecule has 1 aromatic carbocycles. The highest BCUT2D eigenvalue weighted by Crippen LogP contribution is 2.32. The zero-order chi connectivity index (χ0) is 13.1. The first-order valence-corrected chi connectivity index (χ1v) is 6.36. The number of hydrogen-bond acceptors (Lipinski definition) is 3. The van der Waals surface area contributed by atoms with E-state index < -0.39 is 0 Å². The number of nitrogens with zero attached hydrogens (tertiary/aromatic N) is 1. The Morgan fingerprint density at radius 2 is 2.06 bits per heavy atom. The lowest BCUT2D eigenvalue weighted by Gasteiger charge is -2.27. The fraction of sp³-hybridized carbons (Fsp3) is 0.500. The van der Waals surface area contributed by atoms with Crippen LogP contribution in [0.4, 0.5) is 0 Å². The third-order valence-electron chi connectivity index (χ3n) is 3.39. The van der Waals surface area contributed by atoms with Gasteiger partial charge in [-0.15, -0.1) is 0 Å². The van der Waals surface area contributed by atoms with Crippen LogP contribution in [0.3, 0.4) is 0 Å². The second-order valence-corrected chi connectivity index (χ2v) is 4.67. The molecular formula is C14H20N2O2. The van der Waals surface area contributed by atoms with Crippen LogP contribution in [0.2, 0.25) is 0 Å². The van der Waals surface area contributed by atoms with Crippen molar-refractivity contribution in [1.29, 1.82) is 0 Å². The summed E-state index contributed by atoms with van der Waals surface area (Å²) >= 11 is 0. The van der Waals surface area contributed by atoms with Gasteiger partial charge in [0.2, 0.25) is 5.91 Å². The largest absolute Gasteiger partial charge is 0.497 e. The molecule has 1 aliphatic rings. The standard InChI is InChI=1S/C14H20N2O2/c1-3-8-16-13(17)9-12(15)14(16)10-4-6-11(18-2)7-5-10/h4-7,12,14H,3,8-9,15H2,1-2H3/t12-,14+/m0/s1. The topological polar surface area (TPSA) is 55.6 Å². The molecule has 2 N–H and O–H groups in total. The van der Waals surface area contributed by atoms with E-state index in [1.807, 2.05) is 29.2 Å². The molecule has 1 fully saturated rings. The van der Waals surface area contributed by atoms with Gasteiger partial charge in [0, 0.05) is 19.0 Å². The summed E-state index contributed by atoms with van der Waals surface area (Å²) in [6.07, 6.45) is 1.39. The predicted octanol–water partition coefficient (Wildman–Crippen LogP) is 1.71. The monoisotopic (exact) mass is 248 g/mol. The molecule has 1 heterocycles. The molecule has 1 amide bonds. The van der Waals surface area contributed by atoms with Crippen LogP contribution in [0.25, 0.3) is 0 Å². The van der Waals surface area contributed by atoms with Crippen molar-refractivity contribution in [2.75, 3.05) is 13.7 Å². The van der Waals surface area contributed by atoms with Crippen molar-refractivity contribution in [3.63, 3.8) is 0 Å². The van der Waals surface area contributed by atoms with Crippen molar-refractivity contribution in [3.05, 3.63) is 29.8 Å². The summed E-state index contributed by atoms with van der Waals surface area (Å²) in [6, 6.07) is 7.69. The van der Waals surface area contributed by atoms with Gasteiger partial charge >= 0.3 is 0 Å². The third-order valence-corrected chi connectivity index (χ3v) is 3.39. The molecule has 4 heteroatoms. The third kappa shape index (κ3) is 2.34. The Labute approximate surface area is 108 Å². The van der Waals surface area contributed by atoms with Crippen LogP contribution in [0.15, 0.2) is 24.3 Å². The van der Waals surface area contributed by atoms with E-state index in [1.54, 1.807) is 7.11 Å². The summed E-state index contributed by atoms with van der Waals surface area (Å²) in [5.74, 6) is 0.976. The van der Waals surface area contributed by atoms with E-state index in [-0.39, 0.29) is 18.0 Å². The molecule has 98 valence electrons. The van der Waals surface area contributed by atoms with E-state index in [1.165, 1.54) is 0 Å². The van der Waals surface area contributed by atoms with Gasteiger partial charge in [-0.3, -0.25) is 4.79 Å². The van der Waals surface area contributed by atoms with Crippen molar-refractivity contribution < 1.29 is 9.53 Å².